The van der Waals surface area contributed by atoms with Crippen LogP contribution in [0.2, 0.25) is 5.15 Å². The third-order valence-corrected chi connectivity index (χ3v) is 6.35. The molecular weight excluding hydrogens is 428 g/mol. The molecule has 0 radical (unpaired) electrons. The van der Waals surface area contributed by atoms with Crippen molar-refractivity contribution in [3.05, 3.63) is 52.8 Å². The number of rotatable bonds is 7. The van der Waals surface area contributed by atoms with Gasteiger partial charge in [-0.3, -0.25) is 4.79 Å². The molecule has 10 heteroatoms. The van der Waals surface area contributed by atoms with E-state index in [9.17, 15) is 13.2 Å². The minimum Gasteiger partial charge on any atom is -0.492 e. The molecule has 1 aliphatic heterocycles. The van der Waals surface area contributed by atoms with Crippen molar-refractivity contribution in [1.29, 1.82) is 0 Å². The summed E-state index contributed by atoms with van der Waals surface area (Å²) in [5.74, 6) is 0.173. The first-order chi connectivity index (χ1) is 14.1. The van der Waals surface area contributed by atoms with Crippen LogP contribution in [0.4, 0.5) is 5.69 Å². The Morgan fingerprint density at radius 1 is 1.37 bits per heavy atom. The van der Waals surface area contributed by atoms with E-state index in [4.69, 9.17) is 21.5 Å². The van der Waals surface area contributed by atoms with Crippen LogP contribution >= 0.6 is 11.6 Å². The highest BCUT2D eigenvalue weighted by molar-refractivity contribution is 7.86. The number of hydrogen-bond acceptors (Lipinski definition) is 5. The maximum atomic E-state index is 13.5. The van der Waals surface area contributed by atoms with E-state index in [0.717, 1.165) is 15.4 Å². The summed E-state index contributed by atoms with van der Waals surface area (Å²) in [6.45, 7) is 6.15. The molecule has 2 aromatic rings. The largest absolute Gasteiger partial charge is 0.492 e. The van der Waals surface area contributed by atoms with Crippen molar-refractivity contribution in [2.24, 2.45) is 5.14 Å². The molecule has 1 saturated heterocycles. The van der Waals surface area contributed by atoms with E-state index in [0.29, 0.717) is 18.0 Å². The van der Waals surface area contributed by atoms with Gasteiger partial charge in [0.05, 0.1) is 12.8 Å². The highest BCUT2D eigenvalue weighted by Gasteiger charge is 2.54. The van der Waals surface area contributed by atoms with Gasteiger partial charge in [-0.2, -0.15) is 12.7 Å². The average molecular weight is 453 g/mol. The molecule has 2 heterocycles. The number of carbonyl (C=O) groups excluding carboxylic acids is 1. The Bertz CT molecular complexity index is 1050. The van der Waals surface area contributed by atoms with Gasteiger partial charge in [-0.05, 0) is 24.0 Å². The molecule has 1 amide bonds. The molecule has 162 valence electrons. The minimum absolute atomic E-state index is 0.0492. The number of amides is 1. The van der Waals surface area contributed by atoms with Crippen molar-refractivity contribution in [1.82, 2.24) is 9.29 Å². The second kappa shape index (κ2) is 8.50. The lowest BCUT2D eigenvalue weighted by molar-refractivity contribution is -0.125. The monoisotopic (exact) mass is 452 g/mol. The van der Waals surface area contributed by atoms with E-state index < -0.39 is 15.6 Å². The van der Waals surface area contributed by atoms with E-state index in [1.54, 1.807) is 0 Å². The van der Waals surface area contributed by atoms with Gasteiger partial charge in [-0.1, -0.05) is 49.7 Å². The third-order valence-electron chi connectivity index (χ3n) is 5.17. The molecule has 1 aliphatic rings. The second-order valence-electron chi connectivity index (χ2n) is 7.53. The number of hydrogen-bond donors (Lipinski definition) is 2. The fourth-order valence-electron chi connectivity index (χ4n) is 3.63. The predicted octanol–water partition coefficient (Wildman–Crippen LogP) is 2.65. The lowest BCUT2D eigenvalue weighted by Gasteiger charge is -2.48. The molecule has 3 rings (SSSR count). The zero-order valence-electron chi connectivity index (χ0n) is 17.1. The molecule has 0 aliphatic carbocycles. The Hall–Kier alpha value is -2.20. The van der Waals surface area contributed by atoms with Crippen LogP contribution in [0.1, 0.15) is 37.8 Å². The van der Waals surface area contributed by atoms with Gasteiger partial charge in [0.2, 0.25) is 5.91 Å². The first-order valence-electron chi connectivity index (χ1n) is 9.55. The molecule has 8 nitrogen and oxygen atoms in total. The molecule has 0 bridgehead atoms. The van der Waals surface area contributed by atoms with Gasteiger partial charge in [0.15, 0.2) is 0 Å². The third kappa shape index (κ3) is 4.29. The van der Waals surface area contributed by atoms with E-state index >= 15 is 0 Å². The Kier molecular flexibility index (Phi) is 6.37. The van der Waals surface area contributed by atoms with Gasteiger partial charge in [0.25, 0.3) is 10.2 Å². The molecule has 1 aromatic heterocycles. The summed E-state index contributed by atoms with van der Waals surface area (Å²) in [5, 5.41) is 8.38. The summed E-state index contributed by atoms with van der Waals surface area (Å²) < 4.78 is 30.3. The molecule has 0 spiro atoms. The van der Waals surface area contributed by atoms with Gasteiger partial charge in [-0.15, -0.1) is 0 Å². The first-order valence-corrected chi connectivity index (χ1v) is 11.4. The summed E-state index contributed by atoms with van der Waals surface area (Å²) >= 11 is 5.95. The number of benzene rings is 1. The predicted molar refractivity (Wildman–Crippen MR) is 116 cm³/mol. The summed E-state index contributed by atoms with van der Waals surface area (Å²) in [7, 11) is -3.91. The van der Waals surface area contributed by atoms with Gasteiger partial charge in [0, 0.05) is 19.2 Å². The number of pyridine rings is 1. The fraction of sp³-hybridized carbons (Fsp3) is 0.400. The number of aromatic nitrogens is 1. The summed E-state index contributed by atoms with van der Waals surface area (Å²) in [6.07, 6.45) is 1.42. The normalized spacial score (nSPS) is 16.2. The quantitative estimate of drug-likeness (QED) is 0.626. The van der Waals surface area contributed by atoms with Crippen LogP contribution in [0.3, 0.4) is 0 Å². The standard InChI is InChI=1S/C20H25ClN4O4S/c1-4-29-17-9-18(21)23-10-16(17)24-19(26)20(11-25(12-20)30(22,27)28)15-8-6-5-7-14(15)13(2)3/h5-10,13H,4,11-12H2,1-3H3,(H,24,26)(H2,22,27,28). The molecule has 0 saturated carbocycles. The SMILES string of the molecule is CCOc1cc(Cl)ncc1NC(=O)C1(c2ccccc2C(C)C)CN(S(N)(=O)=O)C1. The smallest absolute Gasteiger partial charge is 0.276 e. The van der Waals surface area contributed by atoms with Gasteiger partial charge >= 0.3 is 0 Å². The average Bonchev–Trinajstić information content (AvgIpc) is 2.62. The number of carbonyl (C=O) groups is 1. The first kappa shape index (κ1) is 22.5. The lowest BCUT2D eigenvalue weighted by Crippen LogP contribution is -2.67. The van der Waals surface area contributed by atoms with Crippen LogP contribution in [0.15, 0.2) is 36.5 Å². The Morgan fingerprint density at radius 2 is 2.03 bits per heavy atom. The van der Waals surface area contributed by atoms with E-state index in [-0.39, 0.29) is 30.1 Å². The van der Waals surface area contributed by atoms with E-state index in [2.05, 4.69) is 10.3 Å². The van der Waals surface area contributed by atoms with Gasteiger partial charge in [0.1, 0.15) is 22.0 Å². The number of nitrogens with two attached hydrogens (primary N) is 1. The van der Waals surface area contributed by atoms with Crippen LogP contribution in [-0.2, 0) is 20.4 Å². The molecule has 0 atom stereocenters. The highest BCUT2D eigenvalue weighted by atomic mass is 35.5. The van der Waals surface area contributed by atoms with Crippen LogP contribution < -0.4 is 15.2 Å². The molecule has 30 heavy (non-hydrogen) atoms. The zero-order valence-corrected chi connectivity index (χ0v) is 18.6. The number of anilines is 1. The van der Waals surface area contributed by atoms with E-state index in [1.165, 1.54) is 12.3 Å². The number of nitrogens with zero attached hydrogens (tertiary/aromatic N) is 2. The number of ether oxygens (including phenoxy) is 1. The maximum absolute atomic E-state index is 13.5. The maximum Gasteiger partial charge on any atom is 0.276 e. The Balaban J connectivity index is 2.02. The number of nitrogens with one attached hydrogen (secondary N) is 1. The Labute approximate surface area is 181 Å². The summed E-state index contributed by atoms with van der Waals surface area (Å²) in [4.78, 5) is 17.5. The van der Waals surface area contributed by atoms with Crippen molar-refractivity contribution in [2.75, 3.05) is 25.0 Å². The molecule has 1 fully saturated rings. The van der Waals surface area contributed by atoms with Gasteiger partial charge in [-0.25, -0.2) is 10.1 Å². The van der Waals surface area contributed by atoms with Crippen LogP contribution in [0.5, 0.6) is 5.75 Å². The lowest BCUT2D eigenvalue weighted by atomic mass is 9.71. The number of halogens is 1. The fourth-order valence-corrected chi connectivity index (χ4v) is 4.58. The molecular formula is C20H25ClN4O4S. The molecule has 1 aromatic carbocycles. The topological polar surface area (TPSA) is 115 Å². The summed E-state index contributed by atoms with van der Waals surface area (Å²) in [5.41, 5.74) is 1.02. The van der Waals surface area contributed by atoms with Crippen molar-refractivity contribution in [2.45, 2.75) is 32.1 Å². The Morgan fingerprint density at radius 3 is 2.63 bits per heavy atom. The van der Waals surface area contributed by atoms with Crippen molar-refractivity contribution in [3.8, 4) is 5.75 Å². The van der Waals surface area contributed by atoms with Gasteiger partial charge < -0.3 is 10.1 Å². The van der Waals surface area contributed by atoms with E-state index in [1.807, 2.05) is 45.0 Å². The highest BCUT2D eigenvalue weighted by Crippen LogP contribution is 2.41. The van der Waals surface area contributed by atoms with Crippen molar-refractivity contribution in [3.63, 3.8) is 0 Å². The second-order valence-corrected chi connectivity index (χ2v) is 9.46. The molecule has 3 N–H and O–H groups in total. The zero-order chi connectivity index (χ0) is 22.1. The van der Waals surface area contributed by atoms with Crippen LogP contribution in [0.25, 0.3) is 0 Å². The molecule has 0 unspecified atom stereocenters. The van der Waals surface area contributed by atoms with Crippen molar-refractivity contribution >= 4 is 33.4 Å². The summed E-state index contributed by atoms with van der Waals surface area (Å²) in [6, 6.07) is 9.07. The van der Waals surface area contributed by atoms with Crippen molar-refractivity contribution < 1.29 is 17.9 Å². The van der Waals surface area contributed by atoms with Crippen LogP contribution in [-0.4, -0.2) is 43.3 Å². The van der Waals surface area contributed by atoms with Crippen LogP contribution in [0, 0.1) is 0 Å². The minimum atomic E-state index is -3.91.